The second kappa shape index (κ2) is 6.89. The highest BCUT2D eigenvalue weighted by Crippen LogP contribution is 2.28. The Bertz CT molecular complexity index is 542. The molecule has 0 aromatic heterocycles. The maximum absolute atomic E-state index is 13.6. The van der Waals surface area contributed by atoms with Gasteiger partial charge >= 0.3 is 5.97 Å². The van der Waals surface area contributed by atoms with Crippen LogP contribution >= 0.6 is 11.6 Å². The maximum Gasteiger partial charge on any atom is 0.306 e. The molecule has 0 atom stereocenters. The van der Waals surface area contributed by atoms with E-state index in [1.807, 2.05) is 0 Å². The Morgan fingerprint density at radius 3 is 2.52 bits per heavy atom. The highest BCUT2D eigenvalue weighted by molar-refractivity contribution is 6.30. The maximum atomic E-state index is 13.6. The first-order valence-corrected chi connectivity index (χ1v) is 7.31. The Labute approximate surface area is 127 Å². The molecular weight excluding hydrogens is 297 g/mol. The second-order valence-corrected chi connectivity index (χ2v) is 5.83. The van der Waals surface area contributed by atoms with Gasteiger partial charge in [-0.2, -0.15) is 0 Å². The largest absolute Gasteiger partial charge is 0.481 e. The first-order chi connectivity index (χ1) is 9.97. The molecule has 6 heteroatoms. The van der Waals surface area contributed by atoms with Gasteiger partial charge in [0.05, 0.1) is 11.5 Å². The summed E-state index contributed by atoms with van der Waals surface area (Å²) in [5.41, 5.74) is -0.0291. The Balaban J connectivity index is 1.83. The summed E-state index contributed by atoms with van der Waals surface area (Å²) < 4.78 is 13.6. The van der Waals surface area contributed by atoms with Crippen LogP contribution in [0.5, 0.6) is 0 Å². The lowest BCUT2D eigenvalue weighted by Crippen LogP contribution is -2.32. The minimum atomic E-state index is -0.749. The molecule has 1 amide bonds. The molecule has 1 aliphatic carbocycles. The monoisotopic (exact) mass is 313 g/mol. The van der Waals surface area contributed by atoms with E-state index in [0.717, 1.165) is 18.9 Å². The van der Waals surface area contributed by atoms with Crippen LogP contribution in [-0.2, 0) is 4.79 Å². The Morgan fingerprint density at radius 1 is 1.29 bits per heavy atom. The van der Waals surface area contributed by atoms with Gasteiger partial charge in [-0.25, -0.2) is 4.39 Å². The Hall–Kier alpha value is -1.62. The number of carbonyl (C=O) groups excluding carboxylic acids is 1. The number of aliphatic carboxylic acids is 1. The molecule has 1 fully saturated rings. The number of hydrogen-bond acceptors (Lipinski definition) is 2. The molecule has 1 aliphatic rings. The van der Waals surface area contributed by atoms with Crippen molar-refractivity contribution in [1.29, 1.82) is 0 Å². The van der Waals surface area contributed by atoms with Crippen molar-refractivity contribution >= 4 is 23.5 Å². The third-order valence-electron chi connectivity index (χ3n) is 3.92. The van der Waals surface area contributed by atoms with E-state index in [1.165, 1.54) is 12.1 Å². The standard InChI is InChI=1S/C15H17ClFNO3/c16-11-5-6-12(13(17)7-11)14(19)18-8-9-1-3-10(4-2-9)15(20)21/h5-7,9-10H,1-4,8H2,(H,18,19)(H,20,21). The van der Waals surface area contributed by atoms with E-state index in [0.29, 0.717) is 19.4 Å². The van der Waals surface area contributed by atoms with Crippen LogP contribution in [0, 0.1) is 17.7 Å². The number of carboxylic acids is 1. The van der Waals surface area contributed by atoms with Crippen molar-refractivity contribution < 1.29 is 19.1 Å². The van der Waals surface area contributed by atoms with Crippen LogP contribution in [0.2, 0.25) is 5.02 Å². The molecule has 0 saturated heterocycles. The number of hydrogen-bond donors (Lipinski definition) is 2. The fraction of sp³-hybridized carbons (Fsp3) is 0.467. The molecule has 2 rings (SSSR count). The van der Waals surface area contributed by atoms with E-state index < -0.39 is 17.7 Å². The van der Waals surface area contributed by atoms with Crippen LogP contribution in [0.15, 0.2) is 18.2 Å². The summed E-state index contributed by atoms with van der Waals surface area (Å²) in [5.74, 6) is -1.88. The Morgan fingerprint density at radius 2 is 1.95 bits per heavy atom. The number of rotatable bonds is 4. The van der Waals surface area contributed by atoms with Crippen LogP contribution in [-0.4, -0.2) is 23.5 Å². The lowest BCUT2D eigenvalue weighted by atomic mass is 9.82. The van der Waals surface area contributed by atoms with E-state index >= 15 is 0 Å². The average molecular weight is 314 g/mol. The van der Waals surface area contributed by atoms with E-state index in [4.69, 9.17) is 16.7 Å². The number of benzene rings is 1. The van der Waals surface area contributed by atoms with Crippen molar-refractivity contribution in [2.45, 2.75) is 25.7 Å². The summed E-state index contributed by atoms with van der Waals surface area (Å²) >= 11 is 5.64. The fourth-order valence-corrected chi connectivity index (χ4v) is 2.78. The molecule has 0 aliphatic heterocycles. The van der Waals surface area contributed by atoms with Gasteiger partial charge in [0.1, 0.15) is 5.82 Å². The predicted octanol–water partition coefficient (Wildman–Crippen LogP) is 3.10. The van der Waals surface area contributed by atoms with Crippen LogP contribution in [0.25, 0.3) is 0 Å². The molecular formula is C15H17ClFNO3. The molecule has 1 aromatic carbocycles. The van der Waals surface area contributed by atoms with Gasteiger partial charge in [-0.05, 0) is 49.8 Å². The van der Waals surface area contributed by atoms with Crippen LogP contribution in [0.1, 0.15) is 36.0 Å². The van der Waals surface area contributed by atoms with Crippen molar-refractivity contribution in [1.82, 2.24) is 5.32 Å². The summed E-state index contributed by atoms with van der Waals surface area (Å²) in [7, 11) is 0. The van der Waals surface area contributed by atoms with Gasteiger partial charge in [0.2, 0.25) is 0 Å². The molecule has 1 aromatic rings. The van der Waals surface area contributed by atoms with Gasteiger partial charge in [-0.3, -0.25) is 9.59 Å². The van der Waals surface area contributed by atoms with Crippen LogP contribution in [0.4, 0.5) is 4.39 Å². The minimum Gasteiger partial charge on any atom is -0.481 e. The number of halogens is 2. The van der Waals surface area contributed by atoms with Crippen molar-refractivity contribution in [3.63, 3.8) is 0 Å². The zero-order valence-electron chi connectivity index (χ0n) is 11.4. The third-order valence-corrected chi connectivity index (χ3v) is 4.16. The molecule has 0 bridgehead atoms. The van der Waals surface area contributed by atoms with E-state index in [-0.39, 0.29) is 22.4 Å². The van der Waals surface area contributed by atoms with Crippen molar-refractivity contribution in [3.05, 3.63) is 34.6 Å². The topological polar surface area (TPSA) is 66.4 Å². The van der Waals surface area contributed by atoms with E-state index in [1.54, 1.807) is 0 Å². The molecule has 21 heavy (non-hydrogen) atoms. The second-order valence-electron chi connectivity index (χ2n) is 5.39. The highest BCUT2D eigenvalue weighted by Gasteiger charge is 2.26. The number of carboxylic acid groups (broad SMARTS) is 1. The van der Waals surface area contributed by atoms with E-state index in [2.05, 4.69) is 5.32 Å². The van der Waals surface area contributed by atoms with Crippen molar-refractivity contribution in [2.75, 3.05) is 6.54 Å². The van der Waals surface area contributed by atoms with Crippen LogP contribution in [0.3, 0.4) is 0 Å². The van der Waals surface area contributed by atoms with E-state index in [9.17, 15) is 14.0 Å². The first kappa shape index (κ1) is 15.8. The van der Waals surface area contributed by atoms with Gasteiger partial charge in [0, 0.05) is 11.6 Å². The highest BCUT2D eigenvalue weighted by atomic mass is 35.5. The summed E-state index contributed by atoms with van der Waals surface area (Å²) in [6.45, 7) is 0.438. The smallest absolute Gasteiger partial charge is 0.306 e. The lowest BCUT2D eigenvalue weighted by Gasteiger charge is -2.26. The SMILES string of the molecule is O=C(NCC1CCC(C(=O)O)CC1)c1ccc(Cl)cc1F. The third kappa shape index (κ3) is 4.17. The molecule has 0 spiro atoms. The molecule has 0 unspecified atom stereocenters. The van der Waals surface area contributed by atoms with Crippen molar-refractivity contribution in [3.8, 4) is 0 Å². The minimum absolute atomic E-state index is 0.0291. The molecule has 114 valence electrons. The summed E-state index contributed by atoms with van der Waals surface area (Å²) in [5, 5.41) is 11.9. The van der Waals surface area contributed by atoms with Gasteiger partial charge < -0.3 is 10.4 Å². The summed E-state index contributed by atoms with van der Waals surface area (Å²) in [4.78, 5) is 22.8. The van der Waals surface area contributed by atoms with Gasteiger partial charge in [-0.15, -0.1) is 0 Å². The first-order valence-electron chi connectivity index (χ1n) is 6.93. The number of carbonyl (C=O) groups is 2. The van der Waals surface area contributed by atoms with Gasteiger partial charge in [0.15, 0.2) is 0 Å². The normalized spacial score (nSPS) is 21.8. The average Bonchev–Trinajstić information content (AvgIpc) is 2.45. The number of amides is 1. The molecule has 2 N–H and O–H groups in total. The van der Waals surface area contributed by atoms with Crippen LogP contribution < -0.4 is 5.32 Å². The predicted molar refractivity (Wildman–Crippen MR) is 76.8 cm³/mol. The Kier molecular flexibility index (Phi) is 5.17. The quantitative estimate of drug-likeness (QED) is 0.897. The van der Waals surface area contributed by atoms with Crippen molar-refractivity contribution in [2.24, 2.45) is 11.8 Å². The summed E-state index contributed by atoms with van der Waals surface area (Å²) in [6.07, 6.45) is 2.79. The lowest BCUT2D eigenvalue weighted by molar-refractivity contribution is -0.143. The number of nitrogens with one attached hydrogen (secondary N) is 1. The zero-order valence-corrected chi connectivity index (χ0v) is 12.2. The molecule has 0 heterocycles. The molecule has 4 nitrogen and oxygen atoms in total. The molecule has 1 saturated carbocycles. The van der Waals surface area contributed by atoms with Gasteiger partial charge in [-0.1, -0.05) is 11.6 Å². The molecule has 0 radical (unpaired) electrons. The van der Waals surface area contributed by atoms with Gasteiger partial charge in [0.25, 0.3) is 5.91 Å². The zero-order chi connectivity index (χ0) is 15.4. The summed E-state index contributed by atoms with van der Waals surface area (Å²) in [6, 6.07) is 3.93. The fourth-order valence-electron chi connectivity index (χ4n) is 2.62.